The van der Waals surface area contributed by atoms with Crippen LogP contribution in [0.2, 0.25) is 5.02 Å². The second-order valence-corrected chi connectivity index (χ2v) is 5.29. The van der Waals surface area contributed by atoms with Crippen LogP contribution in [0.5, 0.6) is 0 Å². The van der Waals surface area contributed by atoms with Gasteiger partial charge in [0.25, 0.3) is 0 Å². The first kappa shape index (κ1) is 15.9. The number of allylic oxidation sites excluding steroid dienone is 3. The van der Waals surface area contributed by atoms with E-state index in [1.165, 1.54) is 5.56 Å². The molecule has 1 N–H and O–H groups in total. The third-order valence-corrected chi connectivity index (χ3v) is 3.68. The molecule has 0 heterocycles. The molecule has 0 bridgehead atoms. The molecule has 1 aromatic carbocycles. The zero-order valence-corrected chi connectivity index (χ0v) is 13.5. The van der Waals surface area contributed by atoms with Crippen molar-refractivity contribution in [2.24, 2.45) is 0 Å². The van der Waals surface area contributed by atoms with Gasteiger partial charge >= 0.3 is 0 Å². The molecule has 0 saturated heterocycles. The van der Waals surface area contributed by atoms with Crippen molar-refractivity contribution >= 4 is 29.9 Å². The molecule has 0 aliphatic carbocycles. The summed E-state index contributed by atoms with van der Waals surface area (Å²) in [5, 5.41) is 4.10. The molecule has 0 amide bonds. The Bertz CT molecular complexity index is 556. The van der Waals surface area contributed by atoms with Crippen LogP contribution in [0.15, 0.2) is 47.0 Å². The summed E-state index contributed by atoms with van der Waals surface area (Å²) in [5.41, 5.74) is 5.21. The maximum absolute atomic E-state index is 6.28. The van der Waals surface area contributed by atoms with Gasteiger partial charge in [0.05, 0.1) is 10.7 Å². The quantitative estimate of drug-likeness (QED) is 0.539. The molecule has 0 spiro atoms. The molecule has 0 atom stereocenters. The second kappa shape index (κ2) is 6.88. The van der Waals surface area contributed by atoms with Crippen LogP contribution >= 0.6 is 24.2 Å². The van der Waals surface area contributed by atoms with Gasteiger partial charge in [-0.05, 0) is 44.9 Å². The lowest BCUT2D eigenvalue weighted by Crippen LogP contribution is -2.05. The lowest BCUT2D eigenvalue weighted by atomic mass is 10.1. The molecule has 0 fully saturated rings. The van der Waals surface area contributed by atoms with Gasteiger partial charge in [-0.25, -0.2) is 0 Å². The molecule has 0 aliphatic heterocycles. The van der Waals surface area contributed by atoms with Crippen molar-refractivity contribution in [2.75, 3.05) is 5.32 Å². The predicted octanol–water partition coefficient (Wildman–Crippen LogP) is 5.66. The third-order valence-electron chi connectivity index (χ3n) is 3.12. The Morgan fingerprint density at radius 1 is 1.26 bits per heavy atom. The average Bonchev–Trinajstić information content (AvgIpc) is 2.37. The van der Waals surface area contributed by atoms with Gasteiger partial charge in [0, 0.05) is 16.2 Å². The molecule has 1 aromatic rings. The van der Waals surface area contributed by atoms with Crippen molar-refractivity contribution in [2.45, 2.75) is 27.7 Å². The molecular weight excluding hydrogens is 274 g/mol. The summed E-state index contributed by atoms with van der Waals surface area (Å²) in [6.45, 7) is 11.9. The summed E-state index contributed by atoms with van der Waals surface area (Å²) in [7, 11) is 0. The van der Waals surface area contributed by atoms with Crippen LogP contribution in [0.1, 0.15) is 25.0 Å². The molecule has 1 rings (SSSR count). The van der Waals surface area contributed by atoms with Crippen LogP contribution in [0.3, 0.4) is 0 Å². The van der Waals surface area contributed by atoms with Gasteiger partial charge in [0.2, 0.25) is 0 Å². The summed E-state index contributed by atoms with van der Waals surface area (Å²) in [6.07, 6.45) is 3.98. The lowest BCUT2D eigenvalue weighted by Gasteiger charge is -2.18. The molecule has 0 aliphatic rings. The predicted molar refractivity (Wildman–Crippen MR) is 90.2 cm³/mol. The average molecular weight is 294 g/mol. The van der Waals surface area contributed by atoms with Crippen molar-refractivity contribution in [3.05, 3.63) is 63.2 Å². The largest absolute Gasteiger partial charge is 0.354 e. The van der Waals surface area contributed by atoms with E-state index in [0.717, 1.165) is 27.4 Å². The van der Waals surface area contributed by atoms with E-state index >= 15 is 0 Å². The Labute approximate surface area is 126 Å². The van der Waals surface area contributed by atoms with Gasteiger partial charge < -0.3 is 5.32 Å². The smallest absolute Gasteiger partial charge is 0.0643 e. The fourth-order valence-electron chi connectivity index (χ4n) is 1.84. The lowest BCUT2D eigenvalue weighted by molar-refractivity contribution is 1.29. The first-order chi connectivity index (χ1) is 8.92. The summed E-state index contributed by atoms with van der Waals surface area (Å²) < 4.78 is 0. The summed E-state index contributed by atoms with van der Waals surface area (Å²) in [4.78, 5) is 0.726. The van der Waals surface area contributed by atoms with Gasteiger partial charge in [-0.3, -0.25) is 0 Å². The van der Waals surface area contributed by atoms with E-state index in [2.05, 4.69) is 38.4 Å². The molecule has 0 unspecified atom stereocenters. The molecule has 3 heteroatoms. The maximum atomic E-state index is 6.28. The van der Waals surface area contributed by atoms with Crippen molar-refractivity contribution < 1.29 is 0 Å². The molecule has 19 heavy (non-hydrogen) atoms. The number of thiol groups is 1. The van der Waals surface area contributed by atoms with E-state index in [1.54, 1.807) is 0 Å². The highest BCUT2D eigenvalue weighted by atomic mass is 35.5. The topological polar surface area (TPSA) is 12.0 Å². The standard InChI is InChI=1S/C16H20ClNS/c1-6-13(12(5)19)15(7-2)18-16-11(4)10(3)8-9-14(16)17/h6-9,18-19H,5H2,1-4H3/b13-6-,15-7+. The van der Waals surface area contributed by atoms with Gasteiger partial charge in [-0.15, -0.1) is 12.6 Å². The Kier molecular flexibility index (Phi) is 5.77. The van der Waals surface area contributed by atoms with E-state index in [1.807, 2.05) is 38.1 Å². The SMILES string of the molecule is C=C(S)C(=C/C)/C(=C\C)Nc1c(Cl)ccc(C)c1C. The molecule has 1 nitrogen and oxygen atoms in total. The Morgan fingerprint density at radius 2 is 1.89 bits per heavy atom. The summed E-state index contributed by atoms with van der Waals surface area (Å²) in [5.74, 6) is 0. The van der Waals surface area contributed by atoms with Gasteiger partial charge in [-0.1, -0.05) is 36.4 Å². The van der Waals surface area contributed by atoms with Gasteiger partial charge in [0.1, 0.15) is 0 Å². The van der Waals surface area contributed by atoms with Gasteiger partial charge in [0.15, 0.2) is 0 Å². The molecular formula is C16H20ClNS. The van der Waals surface area contributed by atoms with Crippen LogP contribution < -0.4 is 5.32 Å². The van der Waals surface area contributed by atoms with Crippen LogP contribution in [-0.2, 0) is 0 Å². The van der Waals surface area contributed by atoms with E-state index in [-0.39, 0.29) is 0 Å². The summed E-state index contributed by atoms with van der Waals surface area (Å²) >= 11 is 10.6. The van der Waals surface area contributed by atoms with E-state index in [4.69, 9.17) is 11.6 Å². The zero-order chi connectivity index (χ0) is 14.6. The highest BCUT2D eigenvalue weighted by molar-refractivity contribution is 7.84. The first-order valence-corrected chi connectivity index (χ1v) is 6.98. The molecule has 102 valence electrons. The zero-order valence-electron chi connectivity index (χ0n) is 11.8. The number of halogens is 1. The number of nitrogens with one attached hydrogen (secondary N) is 1. The molecule has 0 saturated carbocycles. The number of hydrogen-bond donors (Lipinski definition) is 2. The Morgan fingerprint density at radius 3 is 2.37 bits per heavy atom. The number of anilines is 1. The number of hydrogen-bond acceptors (Lipinski definition) is 2. The number of benzene rings is 1. The normalized spacial score (nSPS) is 12.5. The van der Waals surface area contributed by atoms with Crippen molar-refractivity contribution in [1.82, 2.24) is 0 Å². The van der Waals surface area contributed by atoms with E-state index in [9.17, 15) is 0 Å². The van der Waals surface area contributed by atoms with Gasteiger partial charge in [-0.2, -0.15) is 0 Å². The minimum atomic E-state index is 0.711. The maximum Gasteiger partial charge on any atom is 0.0643 e. The van der Waals surface area contributed by atoms with Crippen LogP contribution in [-0.4, -0.2) is 0 Å². The Hall–Kier alpha value is -1.12. The third kappa shape index (κ3) is 3.68. The van der Waals surface area contributed by atoms with Crippen molar-refractivity contribution in [3.63, 3.8) is 0 Å². The van der Waals surface area contributed by atoms with Crippen molar-refractivity contribution in [1.29, 1.82) is 0 Å². The van der Waals surface area contributed by atoms with Crippen molar-refractivity contribution in [3.8, 4) is 0 Å². The number of rotatable bonds is 4. The fraction of sp³-hybridized carbons (Fsp3) is 0.250. The molecule has 0 radical (unpaired) electrons. The first-order valence-electron chi connectivity index (χ1n) is 6.16. The fourth-order valence-corrected chi connectivity index (χ4v) is 2.35. The second-order valence-electron chi connectivity index (χ2n) is 4.34. The highest BCUT2D eigenvalue weighted by Gasteiger charge is 2.11. The number of aryl methyl sites for hydroxylation is 1. The highest BCUT2D eigenvalue weighted by Crippen LogP contribution is 2.31. The minimum absolute atomic E-state index is 0.711. The minimum Gasteiger partial charge on any atom is -0.354 e. The monoisotopic (exact) mass is 293 g/mol. The summed E-state index contributed by atoms with van der Waals surface area (Å²) in [6, 6.07) is 3.93. The van der Waals surface area contributed by atoms with Crippen LogP contribution in [0, 0.1) is 13.8 Å². The van der Waals surface area contributed by atoms with E-state index < -0.39 is 0 Å². The van der Waals surface area contributed by atoms with Crippen LogP contribution in [0.25, 0.3) is 0 Å². The van der Waals surface area contributed by atoms with Crippen LogP contribution in [0.4, 0.5) is 5.69 Å². The van der Waals surface area contributed by atoms with E-state index in [0.29, 0.717) is 5.02 Å². The molecule has 0 aromatic heterocycles. The Balaban J connectivity index is 3.21.